The first-order valence-electron chi connectivity index (χ1n) is 7.26. The minimum Gasteiger partial charge on any atom is -0.346 e. The van der Waals surface area contributed by atoms with Gasteiger partial charge in [-0.15, -0.1) is 0 Å². The third kappa shape index (κ3) is 3.93. The summed E-state index contributed by atoms with van der Waals surface area (Å²) >= 11 is 0. The number of H-pyrrole nitrogens is 1. The zero-order chi connectivity index (χ0) is 15.4. The summed E-state index contributed by atoms with van der Waals surface area (Å²) in [7, 11) is 0. The third-order valence-electron chi connectivity index (χ3n) is 3.58. The predicted octanol–water partition coefficient (Wildman–Crippen LogP) is 0.752. The van der Waals surface area contributed by atoms with E-state index in [1.54, 1.807) is 17.0 Å². The van der Waals surface area contributed by atoms with Gasteiger partial charge in [0, 0.05) is 31.1 Å². The van der Waals surface area contributed by atoms with Crippen molar-refractivity contribution in [3.63, 3.8) is 0 Å². The highest BCUT2D eigenvalue weighted by molar-refractivity contribution is 5.92. The third-order valence-corrected chi connectivity index (χ3v) is 3.58. The molecule has 2 rings (SSSR count). The molecule has 1 aromatic rings. The average molecular weight is 291 g/mol. The molecule has 0 spiro atoms. The Morgan fingerprint density at radius 3 is 2.81 bits per heavy atom. The Bertz CT molecular complexity index is 580. The molecule has 114 valence electrons. The molecule has 1 atom stereocenters. The lowest BCUT2D eigenvalue weighted by Gasteiger charge is -2.34. The number of piperidine rings is 1. The van der Waals surface area contributed by atoms with Gasteiger partial charge in [-0.2, -0.15) is 0 Å². The fourth-order valence-corrected chi connectivity index (χ4v) is 2.50. The van der Waals surface area contributed by atoms with Gasteiger partial charge in [0.25, 0.3) is 5.91 Å². The van der Waals surface area contributed by atoms with Crippen LogP contribution in [0.25, 0.3) is 0 Å². The van der Waals surface area contributed by atoms with Crippen LogP contribution in [0.15, 0.2) is 23.0 Å². The molecule has 6 heteroatoms. The van der Waals surface area contributed by atoms with Gasteiger partial charge in [-0.25, -0.2) is 0 Å². The molecule has 0 aliphatic carbocycles. The number of carbonyl (C=O) groups excluding carboxylic acids is 2. The molecule has 1 saturated heterocycles. The van der Waals surface area contributed by atoms with Crippen LogP contribution < -0.4 is 10.9 Å². The first-order chi connectivity index (χ1) is 9.97. The Morgan fingerprint density at radius 2 is 2.14 bits per heavy atom. The summed E-state index contributed by atoms with van der Waals surface area (Å²) in [6.45, 7) is 5.02. The first kappa shape index (κ1) is 15.3. The lowest BCUT2D eigenvalue weighted by atomic mass is 10.0. The number of aromatic amines is 1. The van der Waals surface area contributed by atoms with Gasteiger partial charge < -0.3 is 15.2 Å². The maximum absolute atomic E-state index is 12.1. The molecule has 2 heterocycles. The van der Waals surface area contributed by atoms with E-state index in [0.29, 0.717) is 6.54 Å². The molecule has 0 radical (unpaired) electrons. The number of pyridine rings is 1. The second-order valence-electron chi connectivity index (χ2n) is 5.68. The van der Waals surface area contributed by atoms with Gasteiger partial charge in [0.2, 0.25) is 11.5 Å². The van der Waals surface area contributed by atoms with Crippen LogP contribution in [0.4, 0.5) is 0 Å². The predicted molar refractivity (Wildman–Crippen MR) is 79.0 cm³/mol. The highest BCUT2D eigenvalue weighted by Crippen LogP contribution is 2.13. The number of hydrogen-bond acceptors (Lipinski definition) is 3. The fraction of sp³-hybridized carbons (Fsp3) is 0.533. The Kier molecular flexibility index (Phi) is 4.77. The number of amides is 2. The Hall–Kier alpha value is -2.11. The fourth-order valence-electron chi connectivity index (χ4n) is 2.50. The van der Waals surface area contributed by atoms with Crippen molar-refractivity contribution in [1.82, 2.24) is 15.2 Å². The standard InChI is InChI=1S/C15H21N3O3/c1-10(2)15(21)18-8-4-5-11(9-18)16-14(20)12-6-3-7-13(19)17-12/h3,6-7,10-11H,4-5,8-9H2,1-2H3,(H,16,20)(H,17,19). The molecule has 1 unspecified atom stereocenters. The van der Waals surface area contributed by atoms with Crippen LogP contribution in [-0.2, 0) is 4.79 Å². The first-order valence-corrected chi connectivity index (χ1v) is 7.26. The van der Waals surface area contributed by atoms with Gasteiger partial charge in [0.15, 0.2) is 0 Å². The van der Waals surface area contributed by atoms with Crippen LogP contribution >= 0.6 is 0 Å². The molecule has 1 fully saturated rings. The van der Waals surface area contributed by atoms with E-state index < -0.39 is 0 Å². The van der Waals surface area contributed by atoms with Crippen molar-refractivity contribution in [2.75, 3.05) is 13.1 Å². The SMILES string of the molecule is CC(C)C(=O)N1CCCC(NC(=O)c2cccc(=O)[nH]2)C1. The molecule has 0 bridgehead atoms. The molecular weight excluding hydrogens is 270 g/mol. The smallest absolute Gasteiger partial charge is 0.268 e. The summed E-state index contributed by atoms with van der Waals surface area (Å²) in [6.07, 6.45) is 1.71. The Balaban J connectivity index is 1.98. The number of aromatic nitrogens is 1. The highest BCUT2D eigenvalue weighted by Gasteiger charge is 2.26. The van der Waals surface area contributed by atoms with E-state index in [-0.39, 0.29) is 35.0 Å². The van der Waals surface area contributed by atoms with Crippen LogP contribution in [0, 0.1) is 5.92 Å². The maximum Gasteiger partial charge on any atom is 0.268 e. The maximum atomic E-state index is 12.1. The van der Waals surface area contributed by atoms with Crippen molar-refractivity contribution < 1.29 is 9.59 Å². The minimum atomic E-state index is -0.309. The second kappa shape index (κ2) is 6.56. The van der Waals surface area contributed by atoms with Gasteiger partial charge in [0.1, 0.15) is 5.69 Å². The van der Waals surface area contributed by atoms with Gasteiger partial charge in [0.05, 0.1) is 0 Å². The number of nitrogens with one attached hydrogen (secondary N) is 2. The molecular formula is C15H21N3O3. The second-order valence-corrected chi connectivity index (χ2v) is 5.68. The lowest BCUT2D eigenvalue weighted by Crippen LogP contribution is -2.50. The molecule has 2 amide bonds. The van der Waals surface area contributed by atoms with Crippen molar-refractivity contribution >= 4 is 11.8 Å². The van der Waals surface area contributed by atoms with Crippen LogP contribution in [0.3, 0.4) is 0 Å². The number of nitrogens with zero attached hydrogens (tertiary/aromatic N) is 1. The summed E-state index contributed by atoms with van der Waals surface area (Å²) in [5.41, 5.74) is -0.0577. The summed E-state index contributed by atoms with van der Waals surface area (Å²) in [6, 6.07) is 4.40. The van der Waals surface area contributed by atoms with E-state index >= 15 is 0 Å². The monoisotopic (exact) mass is 291 g/mol. The van der Waals surface area contributed by atoms with Crippen molar-refractivity contribution in [1.29, 1.82) is 0 Å². The number of hydrogen-bond donors (Lipinski definition) is 2. The van der Waals surface area contributed by atoms with Gasteiger partial charge in [-0.1, -0.05) is 19.9 Å². The van der Waals surface area contributed by atoms with Gasteiger partial charge in [-0.3, -0.25) is 14.4 Å². The molecule has 21 heavy (non-hydrogen) atoms. The Morgan fingerprint density at radius 1 is 1.38 bits per heavy atom. The summed E-state index contributed by atoms with van der Waals surface area (Å²) in [5.74, 6) is -0.233. The highest BCUT2D eigenvalue weighted by atomic mass is 16.2. The molecule has 6 nitrogen and oxygen atoms in total. The van der Waals surface area contributed by atoms with E-state index in [4.69, 9.17) is 0 Å². The minimum absolute atomic E-state index is 0.0371. The molecule has 1 aromatic heterocycles. The van der Waals surface area contributed by atoms with Crippen LogP contribution in [0.1, 0.15) is 37.2 Å². The Labute approximate surface area is 123 Å². The van der Waals surface area contributed by atoms with E-state index in [9.17, 15) is 14.4 Å². The number of carbonyl (C=O) groups is 2. The van der Waals surface area contributed by atoms with Crippen molar-refractivity contribution in [3.8, 4) is 0 Å². The number of likely N-dealkylation sites (tertiary alicyclic amines) is 1. The van der Waals surface area contributed by atoms with Crippen LogP contribution in [0.2, 0.25) is 0 Å². The van der Waals surface area contributed by atoms with E-state index in [1.165, 1.54) is 6.07 Å². The van der Waals surface area contributed by atoms with Crippen molar-refractivity contribution in [3.05, 3.63) is 34.2 Å². The number of rotatable bonds is 3. The zero-order valence-corrected chi connectivity index (χ0v) is 12.4. The largest absolute Gasteiger partial charge is 0.346 e. The molecule has 2 N–H and O–H groups in total. The molecule has 0 saturated carbocycles. The van der Waals surface area contributed by atoms with Crippen molar-refractivity contribution in [2.24, 2.45) is 5.92 Å². The van der Waals surface area contributed by atoms with Crippen molar-refractivity contribution in [2.45, 2.75) is 32.7 Å². The van der Waals surface area contributed by atoms with E-state index in [0.717, 1.165) is 19.4 Å². The normalized spacial score (nSPS) is 18.6. The van der Waals surface area contributed by atoms with Crippen LogP contribution in [0.5, 0.6) is 0 Å². The average Bonchev–Trinajstić information content (AvgIpc) is 2.46. The lowest BCUT2D eigenvalue weighted by molar-refractivity contribution is -0.135. The quantitative estimate of drug-likeness (QED) is 0.862. The van der Waals surface area contributed by atoms with E-state index in [2.05, 4.69) is 10.3 Å². The summed E-state index contributed by atoms with van der Waals surface area (Å²) in [4.78, 5) is 39.6. The molecule has 1 aliphatic rings. The molecule has 1 aliphatic heterocycles. The summed E-state index contributed by atoms with van der Waals surface area (Å²) < 4.78 is 0. The zero-order valence-electron chi connectivity index (χ0n) is 12.4. The summed E-state index contributed by atoms with van der Waals surface area (Å²) in [5, 5.41) is 2.88. The van der Waals surface area contributed by atoms with E-state index in [1.807, 2.05) is 13.8 Å². The van der Waals surface area contributed by atoms with Gasteiger partial charge in [-0.05, 0) is 18.9 Å². The topological polar surface area (TPSA) is 82.3 Å². The van der Waals surface area contributed by atoms with Crippen LogP contribution in [-0.4, -0.2) is 40.8 Å². The van der Waals surface area contributed by atoms with Gasteiger partial charge >= 0.3 is 0 Å². The molecule has 0 aromatic carbocycles.